The van der Waals surface area contributed by atoms with Gasteiger partial charge in [0.25, 0.3) is 0 Å². The molecule has 20 rings (SSSR count). The van der Waals surface area contributed by atoms with E-state index in [1.54, 1.807) is 20.8 Å². The van der Waals surface area contributed by atoms with Gasteiger partial charge in [0.05, 0.1) is 151 Å². The lowest BCUT2D eigenvalue weighted by molar-refractivity contribution is -0.226. The van der Waals surface area contributed by atoms with E-state index in [-0.39, 0.29) is 215 Å². The topological polar surface area (TPSA) is 697 Å². The minimum absolute atomic E-state index is 0.00933. The molecule has 5 fully saturated rings. The van der Waals surface area contributed by atoms with Crippen molar-refractivity contribution in [2.24, 2.45) is 28.7 Å². The van der Waals surface area contributed by atoms with E-state index in [1.165, 1.54) is 152 Å². The molecule has 0 aromatic heterocycles. The van der Waals surface area contributed by atoms with Crippen LogP contribution in [-0.2, 0) is 80.4 Å². The maximum Gasteiger partial charge on any atom is 0.201 e. The third-order valence-electron chi connectivity index (χ3n) is 26.1. The first-order valence-corrected chi connectivity index (χ1v) is 45.4. The standard InChI is InChI=1S/3C21H21NO7.2C20H19NO7/c3*1-9-19(25)13(22)7-16(29-9)28-8-10-5-12-18(15(24)6-10)21(27)17-11(20(12)26)3-2-4-14(17)23;2*21-12-6-16(28-8-15(12)24)27-7-9-4-11-18(14(23)5-9)20(26)17-10(19(11)25)2-1-3-13(17)22/h3*2-6,9,13,16,19,23-25H,7-8,22H2,1H3;2*1-5,12,15-16,22-24H,6-8,21H2/t9?,13-,16+,19+;9?,13-,16+,19-;9?,13-,16-,19+;12-,15+,16+;12-,15+,16-/m10111/s1. The number of carbonyl (C=O) groups excluding carboxylic acids is 10. The van der Waals surface area contributed by atoms with Gasteiger partial charge in [-0.3, -0.25) is 47.9 Å². The quantitative estimate of drug-likeness (QED) is 0.0620. The number of ketones is 10. The van der Waals surface area contributed by atoms with Crippen LogP contribution in [0, 0.1) is 0 Å². The molecule has 5 heterocycles. The highest BCUT2D eigenvalue weighted by atomic mass is 16.7. The number of rotatable bonds is 15. The molecule has 40 nitrogen and oxygen atoms in total. The molecule has 5 aliphatic heterocycles. The van der Waals surface area contributed by atoms with Crippen LogP contribution in [0.25, 0.3) is 0 Å². The van der Waals surface area contributed by atoms with Gasteiger partial charge in [0, 0.05) is 118 Å². The molecule has 0 spiro atoms. The maximum absolute atomic E-state index is 12.9. The molecule has 0 bridgehead atoms. The second-order valence-electron chi connectivity index (χ2n) is 36.0. The van der Waals surface area contributed by atoms with E-state index in [1.807, 2.05) is 0 Å². The Balaban J connectivity index is 0.000000128. The number of carbonyl (C=O) groups is 10. The molecule has 3 unspecified atom stereocenters. The summed E-state index contributed by atoms with van der Waals surface area (Å²) >= 11 is 0. The van der Waals surface area contributed by atoms with Crippen molar-refractivity contribution in [3.63, 3.8) is 0 Å². The summed E-state index contributed by atoms with van der Waals surface area (Å²) in [6.07, 6.45) is -6.91. The molecule has 40 heteroatoms. The van der Waals surface area contributed by atoms with Crippen LogP contribution in [-0.4, -0.2) is 258 Å². The van der Waals surface area contributed by atoms with Crippen molar-refractivity contribution >= 4 is 57.8 Å². The average molecular weight is 1970 g/mol. The van der Waals surface area contributed by atoms with Gasteiger partial charge >= 0.3 is 0 Å². The number of hydrogen-bond acceptors (Lipinski definition) is 40. The Hall–Kier alpha value is -13.9. The van der Waals surface area contributed by atoms with Crippen molar-refractivity contribution in [3.8, 4) is 57.5 Å². The van der Waals surface area contributed by atoms with Crippen LogP contribution in [0.3, 0.4) is 0 Å². The number of phenols is 10. The third kappa shape index (κ3) is 20.5. The average Bonchev–Trinajstić information content (AvgIpc) is 0.759. The number of benzene rings is 10. The van der Waals surface area contributed by atoms with Crippen molar-refractivity contribution < 1.29 is 172 Å². The normalized spacial score (nSPS) is 25.3. The molecule has 5 saturated heterocycles. The zero-order valence-electron chi connectivity index (χ0n) is 76.6. The lowest BCUT2D eigenvalue weighted by Gasteiger charge is -2.35. The Bertz CT molecular complexity index is 6230. The molecule has 10 aromatic carbocycles. The predicted molar refractivity (Wildman–Crippen MR) is 495 cm³/mol. The van der Waals surface area contributed by atoms with Gasteiger partial charge in [-0.25, -0.2) is 0 Å². The molecular formula is C103H101N5O35. The third-order valence-corrected chi connectivity index (χ3v) is 26.1. The fourth-order valence-electron chi connectivity index (χ4n) is 18.4. The first-order chi connectivity index (χ1) is 68.0. The van der Waals surface area contributed by atoms with Crippen LogP contribution in [0.2, 0.25) is 0 Å². The predicted octanol–water partition coefficient (Wildman–Crippen LogP) is 5.29. The number of hydrogen-bond donors (Lipinski definition) is 20. The zero-order chi connectivity index (χ0) is 103. The lowest BCUT2D eigenvalue weighted by Crippen LogP contribution is -2.51. The second-order valence-corrected chi connectivity index (χ2v) is 36.0. The van der Waals surface area contributed by atoms with Gasteiger partial charge in [-0.2, -0.15) is 0 Å². The number of ether oxygens (including phenoxy) is 10. The van der Waals surface area contributed by atoms with E-state index < -0.39 is 168 Å². The Morgan fingerprint density at radius 1 is 0.245 bits per heavy atom. The fourth-order valence-corrected chi connectivity index (χ4v) is 18.4. The summed E-state index contributed by atoms with van der Waals surface area (Å²) in [5.74, 6) is -8.69. The largest absolute Gasteiger partial charge is 0.507 e. The molecular weight excluding hydrogens is 1870 g/mol. The van der Waals surface area contributed by atoms with Crippen molar-refractivity contribution in [2.45, 2.75) is 196 Å². The van der Waals surface area contributed by atoms with Gasteiger partial charge < -0.3 is 153 Å². The fraction of sp³-hybridized carbons (Fsp3) is 0.320. The number of aromatic hydroxyl groups is 10. The number of aliphatic hydroxyl groups excluding tert-OH is 5. The Morgan fingerprint density at radius 3 is 0.615 bits per heavy atom. The van der Waals surface area contributed by atoms with Gasteiger partial charge in [-0.15, -0.1) is 0 Å². The van der Waals surface area contributed by atoms with Crippen LogP contribution in [0.1, 0.15) is 240 Å². The Morgan fingerprint density at radius 2 is 0.427 bits per heavy atom. The van der Waals surface area contributed by atoms with E-state index >= 15 is 0 Å². The summed E-state index contributed by atoms with van der Waals surface area (Å²) in [7, 11) is 0. The van der Waals surface area contributed by atoms with Crippen LogP contribution in [0.4, 0.5) is 0 Å². The summed E-state index contributed by atoms with van der Waals surface area (Å²) in [5, 5.41) is 151. The van der Waals surface area contributed by atoms with E-state index in [2.05, 4.69) is 0 Å². The minimum atomic E-state index is -0.775. The molecule has 5 aliphatic carbocycles. The number of phenolic OH excluding ortho intramolecular Hbond substituents is 10. The molecule has 0 amide bonds. The lowest BCUT2D eigenvalue weighted by atomic mass is 9.82. The molecule has 0 saturated carbocycles. The maximum atomic E-state index is 12.9. The first kappa shape index (κ1) is 102. The zero-order valence-corrected chi connectivity index (χ0v) is 76.6. The molecule has 25 N–H and O–H groups in total. The van der Waals surface area contributed by atoms with Gasteiger partial charge in [0.15, 0.2) is 60.4 Å². The van der Waals surface area contributed by atoms with Crippen LogP contribution < -0.4 is 28.7 Å². The van der Waals surface area contributed by atoms with Gasteiger partial charge in [0.1, 0.15) is 57.5 Å². The van der Waals surface area contributed by atoms with E-state index in [4.69, 9.17) is 76.0 Å². The summed E-state index contributed by atoms with van der Waals surface area (Å²) in [6, 6.07) is 33.1. The summed E-state index contributed by atoms with van der Waals surface area (Å²) < 4.78 is 55.8. The van der Waals surface area contributed by atoms with Crippen molar-refractivity contribution in [3.05, 3.63) is 291 Å². The molecule has 143 heavy (non-hydrogen) atoms. The number of aliphatic hydroxyl groups is 5. The summed E-state index contributed by atoms with van der Waals surface area (Å²) in [6.45, 7) is 5.28. The van der Waals surface area contributed by atoms with Crippen LogP contribution >= 0.6 is 0 Å². The Kier molecular flexibility index (Phi) is 29.9. The van der Waals surface area contributed by atoms with Gasteiger partial charge in [-0.1, -0.05) is 60.7 Å². The second kappa shape index (κ2) is 42.0. The van der Waals surface area contributed by atoms with E-state index in [9.17, 15) is 125 Å². The monoisotopic (exact) mass is 1970 g/mol. The highest BCUT2D eigenvalue weighted by Crippen LogP contribution is 2.45. The number of nitrogens with two attached hydrogens (primary N) is 5. The molecule has 18 atom stereocenters. The van der Waals surface area contributed by atoms with Gasteiger partial charge in [-0.05, 0) is 140 Å². The molecule has 10 aliphatic rings. The summed E-state index contributed by atoms with van der Waals surface area (Å²) in [4.78, 5) is 128. The van der Waals surface area contributed by atoms with E-state index in [0.717, 1.165) is 0 Å². The van der Waals surface area contributed by atoms with Crippen molar-refractivity contribution in [1.82, 2.24) is 0 Å². The Labute approximate surface area is 812 Å². The van der Waals surface area contributed by atoms with Crippen molar-refractivity contribution in [1.29, 1.82) is 0 Å². The van der Waals surface area contributed by atoms with Crippen LogP contribution in [0.15, 0.2) is 152 Å². The molecule has 0 radical (unpaired) electrons. The SMILES string of the molecule is CC1O[C@@H](OCc2cc(O)c3c(c2)C(=O)c2cccc(O)c2C3=O)C[C@@H](N)[C@H]1O.CC1O[C@@H](OCc2cc(O)c3c(c2)C(=O)c2cccc(O)c2C3=O)C[C@H](N)[C@H]1O.CC1O[C@H](OCc2cc(O)c3c(c2)C(=O)c2cccc(O)c2C3=O)C[C@@H](N)[C@H]1O.N[C@@H]1C[C@@H](OCc2cc(O)c3c(c2)C(=O)c2cccc(O)c2C3=O)OC[C@@H]1O.N[C@@H]1C[C@H](OCc2cc(O)c3c(c2)C(=O)c2cccc(O)c2C3=O)OC[C@@H]1O. The summed E-state index contributed by atoms with van der Waals surface area (Å²) in [5.41, 5.74) is 31.1. The number of fused-ring (bicyclic) bond motifs is 10. The highest BCUT2D eigenvalue weighted by molar-refractivity contribution is 6.34. The molecule has 10 aromatic rings. The highest BCUT2D eigenvalue weighted by Gasteiger charge is 2.44. The van der Waals surface area contributed by atoms with Crippen molar-refractivity contribution in [2.75, 3.05) is 13.2 Å². The van der Waals surface area contributed by atoms with Gasteiger partial charge in [0.2, 0.25) is 28.9 Å². The first-order valence-electron chi connectivity index (χ1n) is 45.4. The molecule has 748 valence electrons. The smallest absolute Gasteiger partial charge is 0.201 e. The van der Waals surface area contributed by atoms with Crippen LogP contribution in [0.5, 0.6) is 57.5 Å². The minimum Gasteiger partial charge on any atom is -0.507 e. The van der Waals surface area contributed by atoms with E-state index in [0.29, 0.717) is 59.9 Å².